The van der Waals surface area contributed by atoms with Gasteiger partial charge in [0.1, 0.15) is 0 Å². The van der Waals surface area contributed by atoms with Gasteiger partial charge in [-0.2, -0.15) is 0 Å². The first kappa shape index (κ1) is 20.4. The molecule has 0 saturated heterocycles. The first-order chi connectivity index (χ1) is 15.1. The predicted octanol–water partition coefficient (Wildman–Crippen LogP) is 6.57. The fraction of sp³-hybridized carbons (Fsp3) is 0. The molecule has 0 aliphatic carbocycles. The van der Waals surface area contributed by atoms with Crippen molar-refractivity contribution in [1.82, 2.24) is 0 Å². The van der Waals surface area contributed by atoms with Crippen LogP contribution in [0.25, 0.3) is 0 Å². The SMILES string of the molecule is O=C(Nc1cccc(Cl)c1)c1ccccc1C(=O)N(c1ccccc1)c1ccccc1. The summed E-state index contributed by atoms with van der Waals surface area (Å²) < 4.78 is 0. The Morgan fingerprint density at radius 1 is 0.645 bits per heavy atom. The zero-order chi connectivity index (χ0) is 21.6. The summed E-state index contributed by atoms with van der Waals surface area (Å²) in [5.74, 6) is -0.679. The summed E-state index contributed by atoms with van der Waals surface area (Å²) in [7, 11) is 0. The van der Waals surface area contributed by atoms with Gasteiger partial charge in [0.05, 0.1) is 11.1 Å². The Kier molecular flexibility index (Phi) is 6.11. The minimum absolute atomic E-state index is 0.282. The van der Waals surface area contributed by atoms with Crippen molar-refractivity contribution in [2.24, 2.45) is 0 Å². The third-order valence-corrected chi connectivity index (χ3v) is 4.95. The highest BCUT2D eigenvalue weighted by Crippen LogP contribution is 2.28. The van der Waals surface area contributed by atoms with E-state index in [4.69, 9.17) is 11.6 Å². The number of amides is 2. The smallest absolute Gasteiger partial charge is 0.263 e. The van der Waals surface area contributed by atoms with E-state index in [-0.39, 0.29) is 17.4 Å². The lowest BCUT2D eigenvalue weighted by atomic mass is 10.0. The van der Waals surface area contributed by atoms with Crippen LogP contribution < -0.4 is 10.2 Å². The number of carbonyl (C=O) groups is 2. The lowest BCUT2D eigenvalue weighted by molar-refractivity contribution is 0.0976. The van der Waals surface area contributed by atoms with Crippen molar-refractivity contribution in [2.75, 3.05) is 10.2 Å². The molecule has 0 aliphatic heterocycles. The molecule has 2 amide bonds. The molecule has 4 aromatic rings. The molecule has 4 aromatic carbocycles. The third kappa shape index (κ3) is 4.65. The molecule has 0 unspecified atom stereocenters. The van der Waals surface area contributed by atoms with Crippen molar-refractivity contribution < 1.29 is 9.59 Å². The number of halogens is 1. The molecule has 0 radical (unpaired) electrons. The Labute approximate surface area is 185 Å². The normalized spacial score (nSPS) is 10.4. The van der Waals surface area contributed by atoms with Crippen LogP contribution >= 0.6 is 11.6 Å². The van der Waals surface area contributed by atoms with Crippen LogP contribution in [0.2, 0.25) is 5.02 Å². The molecule has 0 aliphatic rings. The van der Waals surface area contributed by atoms with Gasteiger partial charge in [0.25, 0.3) is 11.8 Å². The van der Waals surface area contributed by atoms with Crippen molar-refractivity contribution >= 4 is 40.5 Å². The number of nitrogens with one attached hydrogen (secondary N) is 1. The quantitative estimate of drug-likeness (QED) is 0.392. The average molecular weight is 427 g/mol. The monoisotopic (exact) mass is 426 g/mol. The van der Waals surface area contributed by atoms with E-state index in [1.165, 1.54) is 0 Å². The third-order valence-electron chi connectivity index (χ3n) is 4.72. The summed E-state index contributed by atoms with van der Waals surface area (Å²) in [5.41, 5.74) is 2.56. The lowest BCUT2D eigenvalue weighted by Crippen LogP contribution is -2.28. The summed E-state index contributed by atoms with van der Waals surface area (Å²) in [6.45, 7) is 0. The minimum atomic E-state index is -0.382. The summed E-state index contributed by atoms with van der Waals surface area (Å²) >= 11 is 6.02. The molecular weight excluding hydrogens is 408 g/mol. The molecule has 152 valence electrons. The van der Waals surface area contributed by atoms with E-state index in [9.17, 15) is 9.59 Å². The van der Waals surface area contributed by atoms with E-state index in [0.717, 1.165) is 0 Å². The molecule has 4 nitrogen and oxygen atoms in total. The van der Waals surface area contributed by atoms with Crippen LogP contribution in [0.5, 0.6) is 0 Å². The highest BCUT2D eigenvalue weighted by Gasteiger charge is 2.24. The van der Waals surface area contributed by atoms with Crippen molar-refractivity contribution in [1.29, 1.82) is 0 Å². The number of rotatable bonds is 5. The van der Waals surface area contributed by atoms with Crippen LogP contribution in [0.3, 0.4) is 0 Å². The molecule has 0 saturated carbocycles. The topological polar surface area (TPSA) is 49.4 Å². The van der Waals surface area contributed by atoms with E-state index in [1.807, 2.05) is 60.7 Å². The second-order valence-electron chi connectivity index (χ2n) is 6.82. The van der Waals surface area contributed by atoms with Crippen LogP contribution in [0.15, 0.2) is 109 Å². The molecule has 0 atom stereocenters. The largest absolute Gasteiger partial charge is 0.322 e. The molecule has 0 aromatic heterocycles. The first-order valence-corrected chi connectivity index (χ1v) is 10.1. The van der Waals surface area contributed by atoms with E-state index >= 15 is 0 Å². The molecule has 0 heterocycles. The number of hydrogen-bond acceptors (Lipinski definition) is 2. The lowest BCUT2D eigenvalue weighted by Gasteiger charge is -2.24. The minimum Gasteiger partial charge on any atom is -0.322 e. The van der Waals surface area contributed by atoms with E-state index in [0.29, 0.717) is 27.6 Å². The van der Waals surface area contributed by atoms with Gasteiger partial charge in [-0.25, -0.2) is 0 Å². The predicted molar refractivity (Wildman–Crippen MR) is 125 cm³/mol. The van der Waals surface area contributed by atoms with Gasteiger partial charge < -0.3 is 5.32 Å². The summed E-state index contributed by atoms with van der Waals surface area (Å²) in [6, 6.07) is 32.4. The number of carbonyl (C=O) groups excluding carboxylic acids is 2. The van der Waals surface area contributed by atoms with Gasteiger partial charge in [-0.1, -0.05) is 66.2 Å². The van der Waals surface area contributed by atoms with Gasteiger partial charge in [0, 0.05) is 22.1 Å². The van der Waals surface area contributed by atoms with E-state index in [1.54, 1.807) is 53.4 Å². The van der Waals surface area contributed by atoms with Gasteiger partial charge in [-0.15, -0.1) is 0 Å². The Bertz CT molecular complexity index is 1170. The zero-order valence-electron chi connectivity index (χ0n) is 16.5. The fourth-order valence-corrected chi connectivity index (χ4v) is 3.48. The number of hydrogen-bond donors (Lipinski definition) is 1. The van der Waals surface area contributed by atoms with Gasteiger partial charge in [-0.3, -0.25) is 14.5 Å². The highest BCUT2D eigenvalue weighted by atomic mass is 35.5. The van der Waals surface area contributed by atoms with E-state index < -0.39 is 0 Å². The van der Waals surface area contributed by atoms with Crippen molar-refractivity contribution in [2.45, 2.75) is 0 Å². The maximum Gasteiger partial charge on any atom is 0.263 e. The highest BCUT2D eigenvalue weighted by molar-refractivity contribution is 6.31. The first-order valence-electron chi connectivity index (χ1n) is 9.74. The Morgan fingerprint density at radius 3 is 1.77 bits per heavy atom. The maximum absolute atomic E-state index is 13.7. The molecule has 1 N–H and O–H groups in total. The van der Waals surface area contributed by atoms with Crippen LogP contribution in [-0.4, -0.2) is 11.8 Å². The molecular formula is C26H19ClN2O2. The average Bonchev–Trinajstić information content (AvgIpc) is 2.80. The second-order valence-corrected chi connectivity index (χ2v) is 7.26. The van der Waals surface area contributed by atoms with Gasteiger partial charge in [0.2, 0.25) is 0 Å². The number of anilines is 3. The zero-order valence-corrected chi connectivity index (χ0v) is 17.3. The number of nitrogens with zero attached hydrogens (tertiary/aromatic N) is 1. The molecule has 31 heavy (non-hydrogen) atoms. The van der Waals surface area contributed by atoms with Crippen molar-refractivity contribution in [3.63, 3.8) is 0 Å². The second kappa shape index (κ2) is 9.28. The number of benzene rings is 4. The molecule has 5 heteroatoms. The summed E-state index contributed by atoms with van der Waals surface area (Å²) in [4.78, 5) is 28.3. The van der Waals surface area contributed by atoms with Crippen molar-refractivity contribution in [3.8, 4) is 0 Å². The molecule has 4 rings (SSSR count). The van der Waals surface area contributed by atoms with Gasteiger partial charge >= 0.3 is 0 Å². The van der Waals surface area contributed by atoms with Gasteiger partial charge in [-0.05, 0) is 54.6 Å². The summed E-state index contributed by atoms with van der Waals surface area (Å²) in [6.07, 6.45) is 0. The molecule has 0 bridgehead atoms. The summed E-state index contributed by atoms with van der Waals surface area (Å²) in [5, 5.41) is 3.33. The fourth-order valence-electron chi connectivity index (χ4n) is 3.29. The maximum atomic E-state index is 13.7. The van der Waals surface area contributed by atoms with Crippen molar-refractivity contribution in [3.05, 3.63) is 125 Å². The Morgan fingerprint density at radius 2 is 1.19 bits per heavy atom. The van der Waals surface area contributed by atoms with Gasteiger partial charge in [0.15, 0.2) is 0 Å². The van der Waals surface area contributed by atoms with E-state index in [2.05, 4.69) is 5.32 Å². The molecule has 0 spiro atoms. The molecule has 0 fully saturated rings. The van der Waals surface area contributed by atoms with Crippen LogP contribution in [0.1, 0.15) is 20.7 Å². The number of para-hydroxylation sites is 2. The van der Waals surface area contributed by atoms with Crippen LogP contribution in [0, 0.1) is 0 Å². The Hall–Kier alpha value is -3.89. The standard InChI is InChI=1S/C26H19ClN2O2/c27-19-10-9-11-20(18-19)28-25(30)23-16-7-8-17-24(23)26(31)29(21-12-3-1-4-13-21)22-14-5-2-6-15-22/h1-18H,(H,28,30). The Balaban J connectivity index is 1.73. The van der Waals surface area contributed by atoms with Crippen LogP contribution in [-0.2, 0) is 0 Å². The van der Waals surface area contributed by atoms with Crippen LogP contribution in [0.4, 0.5) is 17.1 Å².